The van der Waals surface area contributed by atoms with Gasteiger partial charge in [0.15, 0.2) is 5.65 Å². The van der Waals surface area contributed by atoms with Crippen molar-refractivity contribution in [3.05, 3.63) is 59.7 Å². The second kappa shape index (κ2) is 8.18. The minimum atomic E-state index is -0.652. The molecule has 0 aliphatic heterocycles. The fourth-order valence-electron chi connectivity index (χ4n) is 3.58. The van der Waals surface area contributed by atoms with Crippen LogP contribution in [0.4, 0.5) is 16.2 Å². The van der Waals surface area contributed by atoms with Crippen LogP contribution in [-0.2, 0) is 0 Å². The van der Waals surface area contributed by atoms with Crippen LogP contribution in [0.15, 0.2) is 47.0 Å². The van der Waals surface area contributed by atoms with Gasteiger partial charge in [-0.3, -0.25) is 4.79 Å². The molecule has 0 radical (unpaired) electrons. The first-order valence-electron chi connectivity index (χ1n) is 10.2. The molecule has 0 atom stereocenters. The number of benzene rings is 1. The molecule has 3 amide bonds. The minimum Gasteiger partial charge on any atom is -0.466 e. The number of nitrogens with two attached hydrogens (primary N) is 1. The van der Waals surface area contributed by atoms with E-state index in [4.69, 9.17) is 15.1 Å². The number of amides is 3. The second-order valence-electron chi connectivity index (χ2n) is 7.82. The van der Waals surface area contributed by atoms with Crippen LogP contribution in [0.1, 0.15) is 41.8 Å². The zero-order valence-corrected chi connectivity index (χ0v) is 18.3. The predicted molar refractivity (Wildman–Crippen MR) is 123 cm³/mol. The largest absolute Gasteiger partial charge is 0.466 e. The molecule has 1 aromatic carbocycles. The summed E-state index contributed by atoms with van der Waals surface area (Å²) < 4.78 is 7.47. The number of carbonyl (C=O) groups excluding carboxylic acids is 2. The van der Waals surface area contributed by atoms with Crippen LogP contribution in [0.5, 0.6) is 0 Å². The van der Waals surface area contributed by atoms with E-state index in [2.05, 4.69) is 15.7 Å². The van der Waals surface area contributed by atoms with Gasteiger partial charge in [-0.15, -0.1) is 0 Å². The van der Waals surface area contributed by atoms with E-state index >= 15 is 0 Å². The van der Waals surface area contributed by atoms with Crippen molar-refractivity contribution >= 4 is 34.3 Å². The van der Waals surface area contributed by atoms with Gasteiger partial charge in [-0.25, -0.2) is 14.5 Å². The van der Waals surface area contributed by atoms with Crippen molar-refractivity contribution in [2.45, 2.75) is 33.7 Å². The molecule has 0 unspecified atom stereocenters. The summed E-state index contributed by atoms with van der Waals surface area (Å²) >= 11 is 0. The van der Waals surface area contributed by atoms with Crippen molar-refractivity contribution in [1.82, 2.24) is 14.8 Å². The molecule has 3 aromatic heterocycles. The average molecular weight is 432 g/mol. The van der Waals surface area contributed by atoms with Crippen molar-refractivity contribution < 1.29 is 14.0 Å². The zero-order valence-electron chi connectivity index (χ0n) is 18.3. The molecule has 164 valence electrons. The smallest absolute Gasteiger partial charge is 0.316 e. The number of pyridine rings is 1. The summed E-state index contributed by atoms with van der Waals surface area (Å²) in [4.78, 5) is 29.0. The fourth-order valence-corrected chi connectivity index (χ4v) is 3.58. The Morgan fingerprint density at radius 1 is 1.06 bits per heavy atom. The molecule has 3 heterocycles. The molecule has 9 nitrogen and oxygen atoms in total. The van der Waals surface area contributed by atoms with Gasteiger partial charge in [0.2, 0.25) is 0 Å². The van der Waals surface area contributed by atoms with Crippen molar-refractivity contribution in [2.24, 2.45) is 5.73 Å². The Balaban J connectivity index is 1.76. The number of anilines is 2. The Bertz CT molecular complexity index is 1320. The Morgan fingerprint density at radius 2 is 1.72 bits per heavy atom. The summed E-state index contributed by atoms with van der Waals surface area (Å²) in [5.41, 5.74) is 8.79. The third kappa shape index (κ3) is 4.04. The highest BCUT2D eigenvalue weighted by Gasteiger charge is 2.20. The summed E-state index contributed by atoms with van der Waals surface area (Å²) in [6, 6.07) is 9.76. The van der Waals surface area contributed by atoms with Gasteiger partial charge >= 0.3 is 6.03 Å². The highest BCUT2D eigenvalue weighted by atomic mass is 16.3. The molecule has 32 heavy (non-hydrogen) atoms. The number of hydrogen-bond acceptors (Lipinski definition) is 5. The first kappa shape index (κ1) is 21.1. The van der Waals surface area contributed by atoms with Gasteiger partial charge in [0.05, 0.1) is 22.8 Å². The van der Waals surface area contributed by atoms with E-state index in [1.54, 1.807) is 41.2 Å². The highest BCUT2D eigenvalue weighted by molar-refractivity contribution is 6.12. The number of nitrogens with one attached hydrogen (secondary N) is 2. The number of fused-ring (bicyclic) bond motifs is 1. The third-order valence-corrected chi connectivity index (χ3v) is 5.03. The van der Waals surface area contributed by atoms with Crippen LogP contribution in [-0.4, -0.2) is 26.7 Å². The molecular formula is C23H24N6O3. The van der Waals surface area contributed by atoms with E-state index in [1.165, 1.54) is 0 Å². The van der Waals surface area contributed by atoms with Gasteiger partial charge in [0.25, 0.3) is 5.91 Å². The lowest BCUT2D eigenvalue weighted by atomic mass is 10.1. The van der Waals surface area contributed by atoms with Gasteiger partial charge in [0.1, 0.15) is 11.5 Å². The van der Waals surface area contributed by atoms with Crippen molar-refractivity contribution in [1.29, 1.82) is 0 Å². The van der Waals surface area contributed by atoms with Crippen molar-refractivity contribution in [2.75, 3.05) is 10.6 Å². The van der Waals surface area contributed by atoms with E-state index in [0.717, 1.165) is 17.1 Å². The van der Waals surface area contributed by atoms with E-state index < -0.39 is 6.03 Å². The molecule has 0 fully saturated rings. The first-order valence-corrected chi connectivity index (χ1v) is 10.2. The monoisotopic (exact) mass is 432 g/mol. The average Bonchev–Trinajstić information content (AvgIpc) is 3.30. The number of nitrogens with zero attached hydrogens (tertiary/aromatic N) is 3. The van der Waals surface area contributed by atoms with E-state index in [-0.39, 0.29) is 11.9 Å². The third-order valence-electron chi connectivity index (χ3n) is 5.03. The minimum absolute atomic E-state index is 0.0728. The SMILES string of the molecule is Cc1cc(-c2cc(C(=O)Nc3ccc(NC(N)=O)cc3)c3cnn(C(C)C)c3n2)c(C)o1. The molecule has 0 aliphatic carbocycles. The number of furan rings is 1. The first-order chi connectivity index (χ1) is 15.2. The Kier molecular flexibility index (Phi) is 5.40. The Morgan fingerprint density at radius 3 is 2.28 bits per heavy atom. The van der Waals surface area contributed by atoms with Gasteiger partial charge < -0.3 is 20.8 Å². The lowest BCUT2D eigenvalue weighted by Crippen LogP contribution is -2.19. The summed E-state index contributed by atoms with van der Waals surface area (Å²) in [5.74, 6) is 1.21. The summed E-state index contributed by atoms with van der Waals surface area (Å²) in [5, 5.41) is 10.5. The maximum absolute atomic E-state index is 13.3. The van der Waals surface area contributed by atoms with Gasteiger partial charge in [-0.05, 0) is 64.1 Å². The molecule has 0 aliphatic rings. The lowest BCUT2D eigenvalue weighted by Gasteiger charge is -2.11. The quantitative estimate of drug-likeness (QED) is 0.423. The number of aryl methyl sites for hydroxylation is 2. The van der Waals surface area contributed by atoms with Crippen molar-refractivity contribution in [3.63, 3.8) is 0 Å². The number of urea groups is 1. The Labute approximate surface area is 184 Å². The number of carbonyl (C=O) groups is 2. The molecule has 0 bridgehead atoms. The van der Waals surface area contributed by atoms with Crippen LogP contribution >= 0.6 is 0 Å². The van der Waals surface area contributed by atoms with Crippen LogP contribution in [0.25, 0.3) is 22.3 Å². The number of primary amides is 1. The predicted octanol–water partition coefficient (Wildman–Crippen LogP) is 4.63. The van der Waals surface area contributed by atoms with Crippen LogP contribution < -0.4 is 16.4 Å². The molecule has 9 heteroatoms. The molecule has 4 N–H and O–H groups in total. The van der Waals surface area contributed by atoms with Gasteiger partial charge in [0, 0.05) is 23.0 Å². The summed E-state index contributed by atoms with van der Waals surface area (Å²) in [6.45, 7) is 7.76. The van der Waals surface area contributed by atoms with E-state index in [1.807, 2.05) is 33.8 Å². The van der Waals surface area contributed by atoms with Crippen LogP contribution in [0.2, 0.25) is 0 Å². The number of hydrogen-bond donors (Lipinski definition) is 3. The topological polar surface area (TPSA) is 128 Å². The lowest BCUT2D eigenvalue weighted by molar-refractivity contribution is 0.102. The van der Waals surface area contributed by atoms with Gasteiger partial charge in [-0.1, -0.05) is 0 Å². The fraction of sp³-hybridized carbons (Fsp3) is 0.217. The van der Waals surface area contributed by atoms with Crippen LogP contribution in [0.3, 0.4) is 0 Å². The molecule has 0 saturated heterocycles. The molecule has 0 spiro atoms. The maximum atomic E-state index is 13.3. The number of rotatable bonds is 5. The van der Waals surface area contributed by atoms with E-state index in [9.17, 15) is 9.59 Å². The Hall–Kier alpha value is -4.14. The summed E-state index contributed by atoms with van der Waals surface area (Å²) in [6.07, 6.45) is 1.66. The second-order valence-corrected chi connectivity index (χ2v) is 7.82. The van der Waals surface area contributed by atoms with Crippen LogP contribution in [0, 0.1) is 13.8 Å². The van der Waals surface area contributed by atoms with Gasteiger partial charge in [-0.2, -0.15) is 5.10 Å². The molecular weight excluding hydrogens is 408 g/mol. The zero-order chi connectivity index (χ0) is 23.0. The summed E-state index contributed by atoms with van der Waals surface area (Å²) in [7, 11) is 0. The van der Waals surface area contributed by atoms with E-state index in [0.29, 0.717) is 33.7 Å². The molecule has 0 saturated carbocycles. The molecule has 4 aromatic rings. The van der Waals surface area contributed by atoms with Crippen molar-refractivity contribution in [3.8, 4) is 11.3 Å². The number of aromatic nitrogens is 3. The standard InChI is InChI=1S/C23H24N6O3/c1-12(2)29-21-19(11-25-29)18(10-20(28-21)17-9-13(3)32-14(17)4)22(30)26-15-5-7-16(8-6-15)27-23(24)31/h5-12H,1-4H3,(H,26,30)(H3,24,27,31). The maximum Gasteiger partial charge on any atom is 0.316 e. The molecule has 4 rings (SSSR count). The highest BCUT2D eigenvalue weighted by Crippen LogP contribution is 2.30. The normalized spacial score (nSPS) is 11.2.